The number of carbonyl (C=O) groups is 2. The van der Waals surface area contributed by atoms with Gasteiger partial charge >= 0.3 is 10.1 Å². The lowest BCUT2D eigenvalue weighted by Gasteiger charge is -2.55. The van der Waals surface area contributed by atoms with Crippen molar-refractivity contribution < 1.29 is 47.7 Å². The van der Waals surface area contributed by atoms with Gasteiger partial charge in [0.15, 0.2) is 22.9 Å². The van der Waals surface area contributed by atoms with Crippen LogP contribution < -0.4 is 4.18 Å². The molecule has 0 aliphatic heterocycles. The van der Waals surface area contributed by atoms with Crippen LogP contribution in [0.2, 0.25) is 0 Å². The molecule has 0 unspecified atom stereocenters. The molecule has 6 atom stereocenters. The van der Waals surface area contributed by atoms with Gasteiger partial charge in [-0.15, -0.1) is 0 Å². The Morgan fingerprint density at radius 3 is 2.24 bits per heavy atom. The summed E-state index contributed by atoms with van der Waals surface area (Å²) >= 11 is 0. The van der Waals surface area contributed by atoms with Gasteiger partial charge in [0.2, 0.25) is 5.78 Å². The number of fused-ring (bicyclic) bond motifs is 3. The number of aliphatic hydroxyl groups excluding tert-OH is 3. The molecule has 41 heavy (non-hydrogen) atoms. The molecule has 3 aliphatic rings. The third kappa shape index (κ3) is 3.76. The summed E-state index contributed by atoms with van der Waals surface area (Å²) in [5.74, 6) is -8.43. The van der Waals surface area contributed by atoms with Crippen molar-refractivity contribution in [3.8, 4) is 11.8 Å². The lowest BCUT2D eigenvalue weighted by Crippen LogP contribution is -2.71. The number of likely N-dealkylation sites (N-methyl/N-ethyl adjacent to an activating group) is 1. The fraction of sp³-hybridized carbons (Fsp3) is 0.321. The summed E-state index contributed by atoms with van der Waals surface area (Å²) in [7, 11) is -1.64. The van der Waals surface area contributed by atoms with Crippen molar-refractivity contribution in [3.63, 3.8) is 0 Å². The van der Waals surface area contributed by atoms with Crippen LogP contribution in [0.3, 0.4) is 0 Å². The lowest BCUT2D eigenvalue weighted by molar-refractivity contribution is -0.181. The van der Waals surface area contributed by atoms with Crippen LogP contribution in [0.1, 0.15) is 18.1 Å². The number of ketones is 2. The number of rotatable bonds is 4. The van der Waals surface area contributed by atoms with Gasteiger partial charge in [0.25, 0.3) is 0 Å². The van der Waals surface area contributed by atoms with Gasteiger partial charge in [0, 0.05) is 0 Å². The molecule has 0 saturated heterocycles. The number of benzene rings is 2. The molecule has 1 saturated carbocycles. The smallest absolute Gasteiger partial charge is 0.339 e. The first-order chi connectivity index (χ1) is 19.1. The van der Waals surface area contributed by atoms with Crippen LogP contribution in [0.5, 0.6) is 5.75 Å². The predicted molar refractivity (Wildman–Crippen MR) is 141 cm³/mol. The van der Waals surface area contributed by atoms with E-state index in [1.165, 1.54) is 74.5 Å². The highest BCUT2D eigenvalue weighted by atomic mass is 32.2. The second kappa shape index (κ2) is 9.23. The van der Waals surface area contributed by atoms with Crippen LogP contribution in [0.4, 0.5) is 0 Å². The summed E-state index contributed by atoms with van der Waals surface area (Å²) < 4.78 is 31.3. The summed E-state index contributed by atoms with van der Waals surface area (Å²) in [5.41, 5.74) is -7.39. The largest absolute Gasteiger partial charge is 0.507 e. The second-order valence-corrected chi connectivity index (χ2v) is 12.2. The van der Waals surface area contributed by atoms with Crippen LogP contribution in [0.25, 0.3) is 5.76 Å². The van der Waals surface area contributed by atoms with Crippen molar-refractivity contribution in [2.45, 2.75) is 35.2 Å². The summed E-state index contributed by atoms with van der Waals surface area (Å²) in [6.45, 7) is 1.21. The molecule has 0 bridgehead atoms. The highest BCUT2D eigenvalue weighted by molar-refractivity contribution is 7.87. The number of hydrogen-bond donors (Lipinski definition) is 5. The molecule has 1 fully saturated rings. The molecule has 0 heterocycles. The van der Waals surface area contributed by atoms with Crippen LogP contribution in [-0.4, -0.2) is 82.3 Å². The molecule has 0 spiro atoms. The quantitative estimate of drug-likeness (QED) is 0.316. The summed E-state index contributed by atoms with van der Waals surface area (Å²) in [5, 5.41) is 67.1. The molecule has 2 aromatic rings. The van der Waals surface area contributed by atoms with Gasteiger partial charge in [-0.2, -0.15) is 13.7 Å². The van der Waals surface area contributed by atoms with E-state index in [4.69, 9.17) is 4.18 Å². The number of nitriles is 1. The number of Topliss-reactive ketones (excluding diaryl/α,β-unsaturated/α-hetero) is 2. The van der Waals surface area contributed by atoms with Crippen LogP contribution in [0.15, 0.2) is 70.3 Å². The van der Waals surface area contributed by atoms with Gasteiger partial charge in [-0.1, -0.05) is 30.3 Å². The Bertz CT molecular complexity index is 1700. The Morgan fingerprint density at radius 2 is 1.66 bits per heavy atom. The van der Waals surface area contributed by atoms with E-state index in [1.54, 1.807) is 6.07 Å². The van der Waals surface area contributed by atoms with E-state index in [0.29, 0.717) is 0 Å². The molecular formula is C28H26N2O10S. The van der Waals surface area contributed by atoms with E-state index in [9.17, 15) is 48.8 Å². The zero-order valence-corrected chi connectivity index (χ0v) is 22.8. The Morgan fingerprint density at radius 1 is 1.02 bits per heavy atom. The van der Waals surface area contributed by atoms with Gasteiger partial charge in [-0.05, 0) is 44.8 Å². The second-order valence-electron chi connectivity index (χ2n) is 10.6. The van der Waals surface area contributed by atoms with Crippen LogP contribution in [0, 0.1) is 23.2 Å². The van der Waals surface area contributed by atoms with Crippen molar-refractivity contribution in [2.24, 2.45) is 11.8 Å². The van der Waals surface area contributed by atoms with Crippen LogP contribution >= 0.6 is 0 Å². The maximum atomic E-state index is 14.1. The Hall–Kier alpha value is -4.06. The van der Waals surface area contributed by atoms with Gasteiger partial charge in [-0.3, -0.25) is 14.5 Å². The molecule has 13 heteroatoms. The molecule has 3 aliphatic carbocycles. The van der Waals surface area contributed by atoms with Crippen molar-refractivity contribution in [1.29, 1.82) is 5.26 Å². The number of aliphatic hydroxyl groups is 5. The Labute approximate surface area is 234 Å². The zero-order valence-electron chi connectivity index (χ0n) is 22.0. The van der Waals surface area contributed by atoms with Crippen molar-refractivity contribution in [3.05, 3.63) is 76.6 Å². The van der Waals surface area contributed by atoms with Gasteiger partial charge in [0.1, 0.15) is 22.3 Å². The zero-order chi connectivity index (χ0) is 30.2. The first kappa shape index (κ1) is 28.5. The third-order valence-corrected chi connectivity index (χ3v) is 9.36. The molecule has 214 valence electrons. The summed E-state index contributed by atoms with van der Waals surface area (Å²) in [4.78, 5) is 28.2. The van der Waals surface area contributed by atoms with Crippen LogP contribution in [-0.2, 0) is 25.3 Å². The third-order valence-electron chi connectivity index (χ3n) is 8.12. The number of hydrogen-bond acceptors (Lipinski definition) is 12. The standard InChI is InChI=1S/C28H26N2O10S/c1-27(36)15-10-7-11-16(40-41(38,39)13-8-5-4-6-9-13)17(15)23(32)18-19(27)24(33)20-21(30(2)3)22(31)14(12-29)25(34)28(20,37)26(18)35/h4-11,19-21,24,32-34,36-37H,1-3H3/t19-,20-,21+,24+,27-,28-/m1/s1. The summed E-state index contributed by atoms with van der Waals surface area (Å²) in [6, 6.07) is 11.0. The minimum atomic E-state index is -4.46. The number of carbonyl (C=O) groups excluding carboxylic acids is 2. The monoisotopic (exact) mass is 582 g/mol. The Kier molecular flexibility index (Phi) is 6.41. The van der Waals surface area contributed by atoms with Gasteiger partial charge < -0.3 is 29.7 Å². The average molecular weight is 583 g/mol. The van der Waals surface area contributed by atoms with Crippen molar-refractivity contribution in [2.75, 3.05) is 14.1 Å². The van der Waals surface area contributed by atoms with E-state index < -0.39 is 90.8 Å². The van der Waals surface area contributed by atoms with E-state index in [2.05, 4.69) is 0 Å². The van der Waals surface area contributed by atoms with E-state index in [1.807, 2.05) is 0 Å². The highest BCUT2D eigenvalue weighted by Crippen LogP contribution is 2.57. The highest BCUT2D eigenvalue weighted by Gasteiger charge is 2.69. The minimum Gasteiger partial charge on any atom is -0.507 e. The van der Waals surface area contributed by atoms with Crippen molar-refractivity contribution >= 4 is 27.4 Å². The molecular weight excluding hydrogens is 556 g/mol. The van der Waals surface area contributed by atoms with Crippen molar-refractivity contribution in [1.82, 2.24) is 4.90 Å². The van der Waals surface area contributed by atoms with Gasteiger partial charge in [-0.25, -0.2) is 0 Å². The maximum absolute atomic E-state index is 14.1. The number of nitrogens with zero attached hydrogens (tertiary/aromatic N) is 2. The average Bonchev–Trinajstić information content (AvgIpc) is 2.91. The normalized spacial score (nSPS) is 31.4. The fourth-order valence-corrected chi connectivity index (χ4v) is 7.24. The Balaban J connectivity index is 1.77. The van der Waals surface area contributed by atoms with E-state index in [0.717, 1.165) is 0 Å². The molecule has 5 N–H and O–H groups in total. The van der Waals surface area contributed by atoms with E-state index in [-0.39, 0.29) is 10.5 Å². The molecule has 5 rings (SSSR count). The lowest BCUT2D eigenvalue weighted by atomic mass is 9.53. The molecule has 0 radical (unpaired) electrons. The first-order valence-corrected chi connectivity index (χ1v) is 13.8. The predicted octanol–water partition coefficient (Wildman–Crippen LogP) is 0.700. The van der Waals surface area contributed by atoms with E-state index >= 15 is 0 Å². The molecule has 0 amide bonds. The summed E-state index contributed by atoms with van der Waals surface area (Å²) in [6.07, 6.45) is -1.94. The first-order valence-electron chi connectivity index (χ1n) is 12.4. The minimum absolute atomic E-state index is 0.109. The SMILES string of the molecule is CN(C)[C@@H]1C(=O)C(C#N)=C(O)[C@@]2(O)C(=O)C3=C(O)c4c(OS(=O)(=O)c5ccccc5)cccc4[C@@](C)(O)[C@H]3[C@H](O)[C@@H]12. The van der Waals surface area contributed by atoms with Gasteiger partial charge in [0.05, 0.1) is 40.7 Å². The molecule has 0 aromatic heterocycles. The molecule has 2 aromatic carbocycles. The maximum Gasteiger partial charge on any atom is 0.339 e. The fourth-order valence-electron chi connectivity index (χ4n) is 6.28. The molecule has 12 nitrogen and oxygen atoms in total. The topological polar surface area (TPSA) is 206 Å².